The number of nitriles is 1. The Morgan fingerprint density at radius 2 is 2.47 bits per heavy atom. The topological polar surface area (TPSA) is 49.1 Å². The summed E-state index contributed by atoms with van der Waals surface area (Å²) in [7, 11) is 1.93. The van der Waals surface area contributed by atoms with Crippen molar-refractivity contribution in [3.63, 3.8) is 0 Å². The highest BCUT2D eigenvalue weighted by molar-refractivity contribution is 6.29. The molecule has 17 heavy (non-hydrogen) atoms. The van der Waals surface area contributed by atoms with Crippen LogP contribution in [-0.2, 0) is 4.74 Å². The van der Waals surface area contributed by atoms with Gasteiger partial charge in [0.25, 0.3) is 0 Å². The van der Waals surface area contributed by atoms with Crippen molar-refractivity contribution in [3.8, 4) is 6.07 Å². The Balaban J connectivity index is 2.10. The largest absolute Gasteiger partial charge is 0.376 e. The van der Waals surface area contributed by atoms with Gasteiger partial charge in [-0.3, -0.25) is 0 Å². The molecule has 0 N–H and O–H groups in total. The van der Waals surface area contributed by atoms with Crippen LogP contribution in [0, 0.1) is 11.3 Å². The van der Waals surface area contributed by atoms with E-state index in [1.165, 1.54) is 0 Å². The van der Waals surface area contributed by atoms with Crippen molar-refractivity contribution < 1.29 is 4.74 Å². The van der Waals surface area contributed by atoms with Gasteiger partial charge in [-0.25, -0.2) is 4.98 Å². The van der Waals surface area contributed by atoms with E-state index in [1.807, 2.05) is 11.9 Å². The third-order valence-electron chi connectivity index (χ3n) is 2.80. The maximum atomic E-state index is 8.87. The summed E-state index contributed by atoms with van der Waals surface area (Å²) < 4.78 is 5.56. The molecule has 1 saturated heterocycles. The molecule has 1 unspecified atom stereocenters. The van der Waals surface area contributed by atoms with Crippen molar-refractivity contribution >= 4 is 17.4 Å². The van der Waals surface area contributed by atoms with Gasteiger partial charge in [0.05, 0.1) is 17.7 Å². The first-order chi connectivity index (χ1) is 8.19. The van der Waals surface area contributed by atoms with Crippen LogP contribution in [0.15, 0.2) is 12.1 Å². The lowest BCUT2D eigenvalue weighted by molar-refractivity contribution is 0.116. The van der Waals surface area contributed by atoms with E-state index in [9.17, 15) is 0 Å². The lowest BCUT2D eigenvalue weighted by Crippen LogP contribution is -2.29. The lowest BCUT2D eigenvalue weighted by Gasteiger charge is -2.21. The van der Waals surface area contributed by atoms with E-state index in [0.29, 0.717) is 16.5 Å². The molecule has 1 aliphatic rings. The molecule has 0 radical (unpaired) electrons. The number of rotatable bonds is 3. The Morgan fingerprint density at radius 3 is 3.12 bits per heavy atom. The normalized spacial score (nSPS) is 19.0. The fourth-order valence-electron chi connectivity index (χ4n) is 1.93. The number of hydrogen-bond acceptors (Lipinski definition) is 4. The number of pyridine rings is 1. The smallest absolute Gasteiger partial charge is 0.132 e. The van der Waals surface area contributed by atoms with Gasteiger partial charge in [-0.1, -0.05) is 11.6 Å². The van der Waals surface area contributed by atoms with Gasteiger partial charge in [0.1, 0.15) is 11.0 Å². The summed E-state index contributed by atoms with van der Waals surface area (Å²) in [5, 5.41) is 9.22. The standard InChI is InChI=1S/C12H14ClN3O/c1-16(8-10-3-2-4-17-10)12-6-9(7-14)5-11(13)15-12/h5-6,10H,2-4,8H2,1H3. The Bertz CT molecular complexity index is 438. The molecule has 0 amide bonds. The quantitative estimate of drug-likeness (QED) is 0.773. The summed E-state index contributed by atoms with van der Waals surface area (Å²) in [6.07, 6.45) is 2.45. The Morgan fingerprint density at radius 1 is 1.65 bits per heavy atom. The second-order valence-corrected chi connectivity index (χ2v) is 4.55. The van der Waals surface area contributed by atoms with Crippen LogP contribution < -0.4 is 4.90 Å². The summed E-state index contributed by atoms with van der Waals surface area (Å²) in [6.45, 7) is 1.61. The number of hydrogen-bond donors (Lipinski definition) is 0. The lowest BCUT2D eigenvalue weighted by atomic mass is 10.2. The van der Waals surface area contributed by atoms with Crippen molar-refractivity contribution in [2.24, 2.45) is 0 Å². The van der Waals surface area contributed by atoms with Gasteiger partial charge in [0.2, 0.25) is 0 Å². The number of aromatic nitrogens is 1. The average molecular weight is 252 g/mol. The highest BCUT2D eigenvalue weighted by Gasteiger charge is 2.18. The van der Waals surface area contributed by atoms with Crippen LogP contribution in [0.5, 0.6) is 0 Å². The van der Waals surface area contributed by atoms with Crippen molar-refractivity contribution in [2.45, 2.75) is 18.9 Å². The Labute approximate surface area is 106 Å². The predicted octanol–water partition coefficient (Wildman–Crippen LogP) is 2.22. The molecular formula is C12H14ClN3O. The molecule has 90 valence electrons. The first-order valence-corrected chi connectivity index (χ1v) is 5.97. The van der Waals surface area contributed by atoms with Crippen molar-refractivity contribution in [3.05, 3.63) is 22.8 Å². The molecule has 1 aromatic rings. The molecule has 0 bridgehead atoms. The van der Waals surface area contributed by atoms with E-state index >= 15 is 0 Å². The minimum absolute atomic E-state index is 0.256. The monoisotopic (exact) mass is 251 g/mol. The van der Waals surface area contributed by atoms with E-state index in [0.717, 1.165) is 26.0 Å². The number of likely N-dealkylation sites (N-methyl/N-ethyl adjacent to an activating group) is 1. The molecule has 0 aliphatic carbocycles. The number of halogens is 1. The first kappa shape index (κ1) is 12.2. The number of anilines is 1. The highest BCUT2D eigenvalue weighted by atomic mass is 35.5. The number of nitrogens with zero attached hydrogens (tertiary/aromatic N) is 3. The summed E-state index contributed by atoms with van der Waals surface area (Å²) in [4.78, 5) is 6.18. The van der Waals surface area contributed by atoms with Gasteiger partial charge < -0.3 is 9.64 Å². The fraction of sp³-hybridized carbons (Fsp3) is 0.500. The molecule has 1 fully saturated rings. The van der Waals surface area contributed by atoms with Crippen LogP contribution in [-0.4, -0.2) is 31.3 Å². The maximum Gasteiger partial charge on any atom is 0.132 e. The van der Waals surface area contributed by atoms with E-state index in [2.05, 4.69) is 11.1 Å². The SMILES string of the molecule is CN(CC1CCCO1)c1cc(C#N)cc(Cl)n1. The molecule has 5 heteroatoms. The first-order valence-electron chi connectivity index (χ1n) is 5.59. The van der Waals surface area contributed by atoms with Gasteiger partial charge in [-0.05, 0) is 25.0 Å². The van der Waals surface area contributed by atoms with Crippen LogP contribution >= 0.6 is 11.6 Å². The van der Waals surface area contributed by atoms with Crippen molar-refractivity contribution in [1.29, 1.82) is 5.26 Å². The van der Waals surface area contributed by atoms with E-state index in [4.69, 9.17) is 21.6 Å². The van der Waals surface area contributed by atoms with Crippen molar-refractivity contribution in [2.75, 3.05) is 25.1 Å². The Kier molecular flexibility index (Phi) is 3.82. The molecular weight excluding hydrogens is 238 g/mol. The summed E-state index contributed by atoms with van der Waals surface area (Å²) in [5.74, 6) is 0.713. The van der Waals surface area contributed by atoms with E-state index in [1.54, 1.807) is 12.1 Å². The molecule has 0 saturated carbocycles. The van der Waals surface area contributed by atoms with Crippen molar-refractivity contribution in [1.82, 2.24) is 4.98 Å². The van der Waals surface area contributed by atoms with Gasteiger partial charge in [0.15, 0.2) is 0 Å². The zero-order chi connectivity index (χ0) is 12.3. The zero-order valence-electron chi connectivity index (χ0n) is 9.69. The van der Waals surface area contributed by atoms with Gasteiger partial charge in [-0.2, -0.15) is 5.26 Å². The maximum absolute atomic E-state index is 8.87. The number of ether oxygens (including phenoxy) is 1. The second-order valence-electron chi connectivity index (χ2n) is 4.16. The van der Waals surface area contributed by atoms with Gasteiger partial charge in [-0.15, -0.1) is 0 Å². The molecule has 0 spiro atoms. The third-order valence-corrected chi connectivity index (χ3v) is 3.00. The molecule has 1 aliphatic heterocycles. The summed E-state index contributed by atoms with van der Waals surface area (Å²) in [5.41, 5.74) is 0.527. The van der Waals surface area contributed by atoms with Gasteiger partial charge >= 0.3 is 0 Å². The summed E-state index contributed by atoms with van der Waals surface area (Å²) >= 11 is 5.87. The van der Waals surface area contributed by atoms with E-state index in [-0.39, 0.29) is 6.10 Å². The molecule has 2 rings (SSSR count). The van der Waals surface area contributed by atoms with Crippen LogP contribution in [0.25, 0.3) is 0 Å². The summed E-state index contributed by atoms with van der Waals surface area (Å²) in [6, 6.07) is 5.37. The molecule has 1 aromatic heterocycles. The average Bonchev–Trinajstić information content (AvgIpc) is 2.81. The zero-order valence-corrected chi connectivity index (χ0v) is 10.4. The third kappa shape index (κ3) is 3.09. The highest BCUT2D eigenvalue weighted by Crippen LogP contribution is 2.19. The minimum atomic E-state index is 0.256. The van der Waals surface area contributed by atoms with Crippen LogP contribution in [0.1, 0.15) is 18.4 Å². The van der Waals surface area contributed by atoms with Gasteiger partial charge in [0, 0.05) is 20.2 Å². The van der Waals surface area contributed by atoms with Crippen LogP contribution in [0.4, 0.5) is 5.82 Å². The minimum Gasteiger partial charge on any atom is -0.376 e. The molecule has 0 aromatic carbocycles. The fourth-order valence-corrected chi connectivity index (χ4v) is 2.13. The van der Waals surface area contributed by atoms with E-state index < -0.39 is 0 Å². The van der Waals surface area contributed by atoms with Crippen LogP contribution in [0.2, 0.25) is 5.15 Å². The Hall–Kier alpha value is -1.31. The molecule has 2 heterocycles. The molecule has 1 atom stereocenters. The second kappa shape index (κ2) is 5.35. The van der Waals surface area contributed by atoms with Crippen LogP contribution in [0.3, 0.4) is 0 Å². The molecule has 4 nitrogen and oxygen atoms in total. The predicted molar refractivity (Wildman–Crippen MR) is 66.2 cm³/mol.